The third-order valence-corrected chi connectivity index (χ3v) is 9.09. The molecule has 3 saturated heterocycles. The highest BCUT2D eigenvalue weighted by Crippen LogP contribution is 2.38. The van der Waals surface area contributed by atoms with E-state index in [0.29, 0.717) is 37.4 Å². The highest BCUT2D eigenvalue weighted by molar-refractivity contribution is 5.81. The normalized spacial score (nSPS) is 25.1. The van der Waals surface area contributed by atoms with Crippen LogP contribution >= 0.6 is 0 Å². The molecule has 2 aromatic rings. The molecule has 3 heterocycles. The van der Waals surface area contributed by atoms with E-state index in [4.69, 9.17) is 4.74 Å². The van der Waals surface area contributed by atoms with Gasteiger partial charge in [0.1, 0.15) is 29.3 Å². The molecule has 0 saturated carbocycles. The first-order valence-corrected chi connectivity index (χ1v) is 14.5. The molecule has 11 heteroatoms. The quantitative estimate of drug-likeness (QED) is 0.492. The first kappa shape index (κ1) is 30.4. The van der Waals surface area contributed by atoms with Crippen LogP contribution in [0.2, 0.25) is 0 Å². The number of benzene rings is 2. The molecule has 0 spiro atoms. The van der Waals surface area contributed by atoms with Crippen LogP contribution in [-0.2, 0) is 20.7 Å². The van der Waals surface area contributed by atoms with Crippen molar-refractivity contribution in [3.63, 3.8) is 0 Å². The summed E-state index contributed by atoms with van der Waals surface area (Å²) >= 11 is 0. The van der Waals surface area contributed by atoms with Crippen molar-refractivity contribution in [2.45, 2.75) is 57.2 Å². The van der Waals surface area contributed by atoms with Gasteiger partial charge in [-0.25, -0.2) is 17.6 Å². The van der Waals surface area contributed by atoms with E-state index in [2.05, 4.69) is 4.90 Å². The number of ether oxygens (including phenoxy) is 1. The smallest absolute Gasteiger partial charge is 0.321 e. The van der Waals surface area contributed by atoms with Gasteiger partial charge in [0.25, 0.3) is 0 Å². The molecule has 3 fully saturated rings. The monoisotopic (exact) mass is 591 g/mol. The minimum Gasteiger partial charge on any atom is -0.480 e. The standard InChI is InChI=1S/C31H37F4N3O4/c1-18-11-26(33)23(27(34)12-18)14-29(31(40)41)36-7-8-38(19(2)15-36)30(39)25-17-37(21-5-9-42-10-6-21)16-24(25)22-4-3-20(32)13-28(22)35/h3-4,11-13,19,21,24-25,29H,5-10,14-17H2,1-2H3,(H,40,41)/t19-,24-,25+,29-/m0/s1. The molecular formula is C31H37F4N3O4. The number of hydrogen-bond donors (Lipinski definition) is 1. The summed E-state index contributed by atoms with van der Waals surface area (Å²) in [7, 11) is 0. The van der Waals surface area contributed by atoms with Crippen molar-refractivity contribution in [1.29, 1.82) is 0 Å². The number of nitrogens with zero attached hydrogens (tertiary/aromatic N) is 3. The third-order valence-electron chi connectivity index (χ3n) is 9.09. The van der Waals surface area contributed by atoms with Crippen LogP contribution in [-0.4, -0.2) is 95.7 Å². The number of rotatable bonds is 7. The van der Waals surface area contributed by atoms with E-state index >= 15 is 0 Å². The van der Waals surface area contributed by atoms with Gasteiger partial charge in [-0.15, -0.1) is 0 Å². The minimum atomic E-state index is -1.20. The zero-order valence-corrected chi connectivity index (χ0v) is 23.9. The minimum absolute atomic E-state index is 0.159. The zero-order chi connectivity index (χ0) is 30.1. The molecule has 3 aliphatic rings. The molecule has 4 atom stereocenters. The van der Waals surface area contributed by atoms with E-state index in [9.17, 15) is 32.3 Å². The van der Waals surface area contributed by atoms with Crippen LogP contribution in [0.1, 0.15) is 42.4 Å². The highest BCUT2D eigenvalue weighted by Gasteiger charge is 2.45. The second-order valence-corrected chi connectivity index (χ2v) is 11.8. The fraction of sp³-hybridized carbons (Fsp3) is 0.548. The average Bonchev–Trinajstić information content (AvgIpc) is 3.38. The van der Waals surface area contributed by atoms with Crippen molar-refractivity contribution < 1.29 is 37.0 Å². The predicted octanol–water partition coefficient (Wildman–Crippen LogP) is 3.97. The van der Waals surface area contributed by atoms with Crippen LogP contribution in [0.4, 0.5) is 17.6 Å². The number of amides is 1. The Balaban J connectivity index is 1.33. The Bertz CT molecular complexity index is 1300. The summed E-state index contributed by atoms with van der Waals surface area (Å²) in [5.41, 5.74) is 0.439. The number of aliphatic carboxylic acids is 1. The molecule has 0 radical (unpaired) electrons. The van der Waals surface area contributed by atoms with Gasteiger partial charge in [-0.1, -0.05) is 6.07 Å². The predicted molar refractivity (Wildman–Crippen MR) is 147 cm³/mol. The maximum absolute atomic E-state index is 15.0. The molecule has 2 aromatic carbocycles. The topological polar surface area (TPSA) is 73.3 Å². The first-order chi connectivity index (χ1) is 20.0. The summed E-state index contributed by atoms with van der Waals surface area (Å²) < 4.78 is 63.3. The summed E-state index contributed by atoms with van der Waals surface area (Å²) in [6.07, 6.45) is 1.28. The number of hydrogen-bond acceptors (Lipinski definition) is 5. The van der Waals surface area contributed by atoms with Crippen LogP contribution in [0.25, 0.3) is 0 Å². The van der Waals surface area contributed by atoms with Crippen molar-refractivity contribution in [2.75, 3.05) is 45.9 Å². The van der Waals surface area contributed by atoms with Gasteiger partial charge in [0.15, 0.2) is 0 Å². The maximum atomic E-state index is 15.0. The molecule has 3 aliphatic heterocycles. The number of aryl methyl sites for hydroxylation is 1. The lowest BCUT2D eigenvalue weighted by atomic mass is 9.87. The average molecular weight is 592 g/mol. The van der Waals surface area contributed by atoms with E-state index in [1.807, 2.05) is 6.92 Å². The van der Waals surface area contributed by atoms with E-state index in [-0.39, 0.29) is 43.6 Å². The zero-order valence-electron chi connectivity index (χ0n) is 23.9. The van der Waals surface area contributed by atoms with E-state index < -0.39 is 53.2 Å². The second kappa shape index (κ2) is 12.7. The fourth-order valence-electron chi connectivity index (χ4n) is 6.85. The van der Waals surface area contributed by atoms with E-state index in [0.717, 1.165) is 18.9 Å². The van der Waals surface area contributed by atoms with Gasteiger partial charge in [-0.2, -0.15) is 0 Å². The van der Waals surface area contributed by atoms with E-state index in [1.54, 1.807) is 16.7 Å². The van der Waals surface area contributed by atoms with Gasteiger partial charge >= 0.3 is 5.97 Å². The van der Waals surface area contributed by atoms with Crippen molar-refractivity contribution in [3.05, 3.63) is 70.3 Å². The Hall–Kier alpha value is -3.02. The summed E-state index contributed by atoms with van der Waals surface area (Å²) in [6.45, 7) is 6.13. The van der Waals surface area contributed by atoms with Gasteiger partial charge < -0.3 is 14.7 Å². The molecule has 0 unspecified atom stereocenters. The Morgan fingerprint density at radius 2 is 1.67 bits per heavy atom. The molecule has 1 amide bonds. The van der Waals surface area contributed by atoms with Gasteiger partial charge in [0.05, 0.1) is 5.92 Å². The van der Waals surface area contributed by atoms with Crippen molar-refractivity contribution in [1.82, 2.24) is 14.7 Å². The molecule has 42 heavy (non-hydrogen) atoms. The molecule has 0 bridgehead atoms. The largest absolute Gasteiger partial charge is 0.480 e. The number of halogens is 4. The summed E-state index contributed by atoms with van der Waals surface area (Å²) in [5.74, 6) is -5.31. The molecule has 228 valence electrons. The second-order valence-electron chi connectivity index (χ2n) is 11.8. The lowest BCUT2D eigenvalue weighted by molar-refractivity contribution is -0.147. The Labute approximate surface area is 243 Å². The van der Waals surface area contributed by atoms with E-state index in [1.165, 1.54) is 24.3 Å². The summed E-state index contributed by atoms with van der Waals surface area (Å²) in [4.78, 5) is 31.9. The number of piperazine rings is 1. The van der Waals surface area contributed by atoms with Crippen molar-refractivity contribution in [3.8, 4) is 0 Å². The van der Waals surface area contributed by atoms with Crippen molar-refractivity contribution in [2.24, 2.45) is 5.92 Å². The Morgan fingerprint density at radius 3 is 2.29 bits per heavy atom. The molecular weight excluding hydrogens is 554 g/mol. The molecule has 5 rings (SSSR count). The SMILES string of the molecule is Cc1cc(F)c(C[C@@H](C(=O)O)N2CCN(C(=O)[C@@H]3CN(C4CCOCC4)C[C@H]3c3ccc(F)cc3F)[C@@H](C)C2)c(F)c1. The number of likely N-dealkylation sites (tertiary alicyclic amines) is 1. The van der Waals surface area contributed by atoms with Gasteiger partial charge in [-0.3, -0.25) is 19.4 Å². The van der Waals surface area contributed by atoms with Crippen LogP contribution in [0.15, 0.2) is 30.3 Å². The Morgan fingerprint density at radius 1 is 0.976 bits per heavy atom. The number of carbonyl (C=O) groups excluding carboxylic acids is 1. The molecule has 7 nitrogen and oxygen atoms in total. The van der Waals surface area contributed by atoms with Crippen molar-refractivity contribution >= 4 is 11.9 Å². The van der Waals surface area contributed by atoms with Gasteiger partial charge in [0.2, 0.25) is 5.91 Å². The highest BCUT2D eigenvalue weighted by atomic mass is 19.1. The third kappa shape index (κ3) is 6.33. The number of carbonyl (C=O) groups is 2. The van der Waals surface area contributed by atoms with Gasteiger partial charge in [0, 0.05) is 82.0 Å². The van der Waals surface area contributed by atoms with Crippen LogP contribution in [0, 0.1) is 36.1 Å². The molecule has 1 N–H and O–H groups in total. The number of carboxylic acids is 1. The Kier molecular flexibility index (Phi) is 9.20. The summed E-state index contributed by atoms with van der Waals surface area (Å²) in [5, 5.41) is 9.97. The first-order valence-electron chi connectivity index (χ1n) is 14.5. The van der Waals surface area contributed by atoms with Crippen LogP contribution < -0.4 is 0 Å². The maximum Gasteiger partial charge on any atom is 0.321 e. The molecule has 0 aliphatic carbocycles. The fourth-order valence-corrected chi connectivity index (χ4v) is 6.85. The lowest BCUT2D eigenvalue weighted by Gasteiger charge is -2.43. The van der Waals surface area contributed by atoms with Gasteiger partial charge in [-0.05, 0) is 56.0 Å². The number of carboxylic acid groups (broad SMARTS) is 1. The van der Waals surface area contributed by atoms with Crippen LogP contribution in [0.5, 0.6) is 0 Å². The molecule has 0 aromatic heterocycles. The lowest BCUT2D eigenvalue weighted by Crippen LogP contribution is -2.59. The summed E-state index contributed by atoms with van der Waals surface area (Å²) in [6, 6.07) is 4.49. The van der Waals surface area contributed by atoms with Crippen LogP contribution in [0.3, 0.4) is 0 Å².